The maximum atomic E-state index is 4.21. The van der Waals surface area contributed by atoms with Gasteiger partial charge in [-0.15, -0.1) is 0 Å². The number of nitrogens with zero attached hydrogens (tertiary/aromatic N) is 3. The molecule has 1 atom stereocenters. The van der Waals surface area contributed by atoms with E-state index in [0.29, 0.717) is 0 Å². The summed E-state index contributed by atoms with van der Waals surface area (Å²) < 4.78 is 1.82. The quantitative estimate of drug-likeness (QED) is 0.778. The third kappa shape index (κ3) is 2.29. The third-order valence-electron chi connectivity index (χ3n) is 3.28. The van der Waals surface area contributed by atoms with Gasteiger partial charge in [-0.25, -0.2) is 0 Å². The van der Waals surface area contributed by atoms with Crippen molar-refractivity contribution in [2.45, 2.75) is 13.0 Å². The van der Waals surface area contributed by atoms with Gasteiger partial charge in [0.2, 0.25) is 0 Å². The van der Waals surface area contributed by atoms with Gasteiger partial charge < -0.3 is 5.32 Å². The number of anilines is 1. The normalized spacial score (nSPS) is 12.5. The number of hydrogen-bond donors (Lipinski definition) is 1. The zero-order valence-corrected chi connectivity index (χ0v) is 11.0. The highest BCUT2D eigenvalue weighted by atomic mass is 15.2. The molecule has 96 valence electrons. The molecule has 0 saturated heterocycles. The summed E-state index contributed by atoms with van der Waals surface area (Å²) in [4.78, 5) is 4.20. The van der Waals surface area contributed by atoms with E-state index in [1.807, 2.05) is 42.6 Å². The molecule has 2 aromatic heterocycles. The SMILES string of the molecule is CC(Nc1cccc2ccncc12)c1cnn(C)c1. The molecule has 2 heterocycles. The average molecular weight is 252 g/mol. The van der Waals surface area contributed by atoms with Gasteiger partial charge in [-0.3, -0.25) is 9.67 Å². The molecule has 4 nitrogen and oxygen atoms in total. The maximum Gasteiger partial charge on any atom is 0.0542 e. The summed E-state index contributed by atoms with van der Waals surface area (Å²) in [5.41, 5.74) is 2.27. The Balaban J connectivity index is 1.93. The van der Waals surface area contributed by atoms with Gasteiger partial charge in [0.1, 0.15) is 0 Å². The highest BCUT2D eigenvalue weighted by Crippen LogP contribution is 2.26. The van der Waals surface area contributed by atoms with Crippen molar-refractivity contribution in [1.29, 1.82) is 0 Å². The summed E-state index contributed by atoms with van der Waals surface area (Å²) in [6, 6.07) is 8.46. The van der Waals surface area contributed by atoms with Crippen LogP contribution in [0.3, 0.4) is 0 Å². The van der Waals surface area contributed by atoms with Gasteiger partial charge in [-0.1, -0.05) is 12.1 Å². The Morgan fingerprint density at radius 2 is 2.11 bits per heavy atom. The molecule has 1 N–H and O–H groups in total. The largest absolute Gasteiger partial charge is 0.378 e. The summed E-state index contributed by atoms with van der Waals surface area (Å²) in [6.45, 7) is 2.13. The van der Waals surface area contributed by atoms with Crippen LogP contribution < -0.4 is 5.32 Å². The summed E-state index contributed by atoms with van der Waals surface area (Å²) in [5, 5.41) is 10.1. The molecule has 3 rings (SSSR count). The number of benzene rings is 1. The van der Waals surface area contributed by atoms with Gasteiger partial charge in [0.05, 0.1) is 12.2 Å². The molecule has 0 aliphatic rings. The fourth-order valence-electron chi connectivity index (χ4n) is 2.22. The first-order chi connectivity index (χ1) is 9.24. The van der Waals surface area contributed by atoms with Crippen LogP contribution >= 0.6 is 0 Å². The van der Waals surface area contributed by atoms with Crippen molar-refractivity contribution in [1.82, 2.24) is 14.8 Å². The van der Waals surface area contributed by atoms with Gasteiger partial charge in [0, 0.05) is 42.3 Å². The molecule has 19 heavy (non-hydrogen) atoms. The van der Waals surface area contributed by atoms with Crippen molar-refractivity contribution in [3.63, 3.8) is 0 Å². The third-order valence-corrected chi connectivity index (χ3v) is 3.28. The highest BCUT2D eigenvalue weighted by Gasteiger charge is 2.09. The van der Waals surface area contributed by atoms with Gasteiger partial charge in [0.15, 0.2) is 0 Å². The molecule has 3 aromatic rings. The van der Waals surface area contributed by atoms with Gasteiger partial charge in [-0.2, -0.15) is 5.10 Å². The van der Waals surface area contributed by atoms with Gasteiger partial charge in [0.25, 0.3) is 0 Å². The lowest BCUT2D eigenvalue weighted by Gasteiger charge is -2.15. The number of fused-ring (bicyclic) bond motifs is 1. The Morgan fingerprint density at radius 3 is 2.89 bits per heavy atom. The molecular weight excluding hydrogens is 236 g/mol. The maximum absolute atomic E-state index is 4.21. The predicted molar refractivity (Wildman–Crippen MR) is 77.0 cm³/mol. The van der Waals surface area contributed by atoms with Crippen LogP contribution in [0.15, 0.2) is 49.1 Å². The van der Waals surface area contributed by atoms with Gasteiger partial charge in [-0.05, 0) is 24.4 Å². The molecule has 0 aliphatic carbocycles. The smallest absolute Gasteiger partial charge is 0.0542 e. The van der Waals surface area contributed by atoms with Crippen molar-refractivity contribution in [2.24, 2.45) is 7.05 Å². The first kappa shape index (κ1) is 11.7. The minimum Gasteiger partial charge on any atom is -0.378 e. The van der Waals surface area contributed by atoms with Crippen LogP contribution in [0.4, 0.5) is 5.69 Å². The van der Waals surface area contributed by atoms with Gasteiger partial charge >= 0.3 is 0 Å². The molecule has 0 radical (unpaired) electrons. The van der Waals surface area contributed by atoms with Crippen LogP contribution in [0, 0.1) is 0 Å². The zero-order chi connectivity index (χ0) is 13.2. The van der Waals surface area contributed by atoms with E-state index in [1.54, 1.807) is 0 Å². The Bertz CT molecular complexity index is 697. The number of nitrogens with one attached hydrogen (secondary N) is 1. The van der Waals surface area contributed by atoms with E-state index in [1.165, 1.54) is 10.9 Å². The fourth-order valence-corrected chi connectivity index (χ4v) is 2.22. The zero-order valence-electron chi connectivity index (χ0n) is 11.0. The lowest BCUT2D eigenvalue weighted by atomic mass is 10.1. The number of rotatable bonds is 3. The van der Waals surface area contributed by atoms with Crippen molar-refractivity contribution in [3.8, 4) is 0 Å². The first-order valence-electron chi connectivity index (χ1n) is 6.32. The predicted octanol–water partition coefficient (Wildman–Crippen LogP) is 3.14. The average Bonchev–Trinajstić information content (AvgIpc) is 2.86. The Hall–Kier alpha value is -2.36. The second-order valence-corrected chi connectivity index (χ2v) is 4.72. The molecule has 0 fully saturated rings. The number of pyridine rings is 1. The van der Waals surface area contributed by atoms with Crippen molar-refractivity contribution in [3.05, 3.63) is 54.6 Å². The second kappa shape index (κ2) is 4.72. The summed E-state index contributed by atoms with van der Waals surface area (Å²) in [6.07, 6.45) is 7.63. The van der Waals surface area contributed by atoms with E-state index in [-0.39, 0.29) is 6.04 Å². The van der Waals surface area contributed by atoms with Crippen molar-refractivity contribution >= 4 is 16.5 Å². The molecule has 1 unspecified atom stereocenters. The Labute approximate surface area is 112 Å². The summed E-state index contributed by atoms with van der Waals surface area (Å²) >= 11 is 0. The topological polar surface area (TPSA) is 42.7 Å². The monoisotopic (exact) mass is 252 g/mol. The molecule has 0 amide bonds. The lowest BCUT2D eigenvalue weighted by molar-refractivity contribution is 0.765. The summed E-state index contributed by atoms with van der Waals surface area (Å²) in [5.74, 6) is 0. The minimum absolute atomic E-state index is 0.208. The van der Waals surface area contributed by atoms with E-state index >= 15 is 0 Å². The van der Waals surface area contributed by atoms with Crippen LogP contribution in [0.5, 0.6) is 0 Å². The van der Waals surface area contributed by atoms with Crippen LogP contribution in [-0.2, 0) is 7.05 Å². The number of aromatic nitrogens is 3. The van der Waals surface area contributed by atoms with E-state index in [4.69, 9.17) is 0 Å². The van der Waals surface area contributed by atoms with Crippen LogP contribution in [-0.4, -0.2) is 14.8 Å². The van der Waals surface area contributed by atoms with Crippen LogP contribution in [0.2, 0.25) is 0 Å². The molecule has 4 heteroatoms. The second-order valence-electron chi connectivity index (χ2n) is 4.72. The molecule has 0 bridgehead atoms. The van der Waals surface area contributed by atoms with E-state index < -0.39 is 0 Å². The molecule has 0 spiro atoms. The fraction of sp³-hybridized carbons (Fsp3) is 0.200. The standard InChI is InChI=1S/C15H16N4/c1-11(13-8-17-19(2)10-13)18-15-5-3-4-12-6-7-16-9-14(12)15/h3-11,18H,1-2H3. The van der Waals surface area contributed by atoms with Crippen LogP contribution in [0.1, 0.15) is 18.5 Å². The molecular formula is C15H16N4. The van der Waals surface area contributed by atoms with E-state index in [0.717, 1.165) is 11.1 Å². The molecule has 0 saturated carbocycles. The van der Waals surface area contributed by atoms with Crippen molar-refractivity contribution < 1.29 is 0 Å². The summed E-state index contributed by atoms with van der Waals surface area (Å²) in [7, 11) is 1.93. The lowest BCUT2D eigenvalue weighted by Crippen LogP contribution is -2.06. The Morgan fingerprint density at radius 1 is 1.21 bits per heavy atom. The molecule has 0 aliphatic heterocycles. The van der Waals surface area contributed by atoms with Crippen LogP contribution in [0.25, 0.3) is 10.8 Å². The van der Waals surface area contributed by atoms with E-state index in [2.05, 4.69) is 40.5 Å². The minimum atomic E-state index is 0.208. The number of hydrogen-bond acceptors (Lipinski definition) is 3. The van der Waals surface area contributed by atoms with E-state index in [9.17, 15) is 0 Å². The Kier molecular flexibility index (Phi) is 2.91. The van der Waals surface area contributed by atoms with Crippen molar-refractivity contribution in [2.75, 3.05) is 5.32 Å². The first-order valence-corrected chi connectivity index (χ1v) is 6.32. The highest BCUT2D eigenvalue weighted by molar-refractivity contribution is 5.93. The number of aryl methyl sites for hydroxylation is 1. The molecule has 1 aromatic carbocycles.